The van der Waals surface area contributed by atoms with Crippen molar-refractivity contribution in [3.8, 4) is 0 Å². The molecule has 0 saturated heterocycles. The zero-order valence-electron chi connectivity index (χ0n) is 24.5. The molecule has 0 amide bonds. The molecule has 0 aliphatic carbocycles. The molecule has 0 radical (unpaired) electrons. The van der Waals surface area contributed by atoms with E-state index in [0.717, 1.165) is 12.0 Å². The van der Waals surface area contributed by atoms with E-state index in [4.69, 9.17) is 21.6 Å². The molecule has 0 atom stereocenters. The molecule has 204 valence electrons. The summed E-state index contributed by atoms with van der Waals surface area (Å²) in [5.41, 5.74) is 0. The second-order valence-corrected chi connectivity index (χ2v) is 9.93. The van der Waals surface area contributed by atoms with Gasteiger partial charge >= 0.3 is 0 Å². The maximum atomic E-state index is 6.99. The summed E-state index contributed by atoms with van der Waals surface area (Å²) >= 11 is 0. The van der Waals surface area contributed by atoms with Gasteiger partial charge in [-0.2, -0.15) is 12.0 Å². The van der Waals surface area contributed by atoms with Gasteiger partial charge in [0.25, 0.3) is 0 Å². The zero-order valence-corrected chi connectivity index (χ0v) is 24.5. The van der Waals surface area contributed by atoms with Crippen molar-refractivity contribution in [2.45, 2.75) is 119 Å². The third-order valence-corrected chi connectivity index (χ3v) is 6.31. The number of quaternary nitrogens is 2. The predicted octanol–water partition coefficient (Wildman–Crippen LogP) is 8.28. The predicted molar refractivity (Wildman–Crippen MR) is 153 cm³/mol. The Balaban J connectivity index is -0.000000214. The monoisotopic (exact) mass is 483 g/mol. The van der Waals surface area contributed by atoms with Crippen LogP contribution in [0.25, 0.3) is 10.8 Å². The topological polar surface area (TPSA) is 92.3 Å². The van der Waals surface area contributed by atoms with Gasteiger partial charge in [0.15, 0.2) is 0 Å². The number of nitrogens with zero attached hydrogens (tertiary/aromatic N) is 4. The van der Waals surface area contributed by atoms with Gasteiger partial charge in [0.1, 0.15) is 0 Å². The van der Waals surface area contributed by atoms with Gasteiger partial charge in [0.05, 0.1) is 53.4 Å². The summed E-state index contributed by atoms with van der Waals surface area (Å²) < 4.78 is 2.63. The van der Waals surface area contributed by atoms with Crippen LogP contribution in [0.2, 0.25) is 0 Å². The Morgan fingerprint density at radius 3 is 0.647 bits per heavy atom. The first-order valence-corrected chi connectivity index (χ1v) is 14.0. The van der Waals surface area contributed by atoms with E-state index in [1.165, 1.54) is 125 Å². The second-order valence-electron chi connectivity index (χ2n) is 9.93. The van der Waals surface area contributed by atoms with Crippen molar-refractivity contribution < 1.29 is 8.97 Å². The largest absolute Gasteiger partial charge is 0.447 e. The van der Waals surface area contributed by atoms with Gasteiger partial charge in [-0.25, -0.2) is 0 Å². The third kappa shape index (κ3) is 32.9. The van der Waals surface area contributed by atoms with Crippen molar-refractivity contribution in [1.82, 2.24) is 0 Å². The summed E-state index contributed by atoms with van der Waals surface area (Å²) in [5, 5.41) is 25.0. The summed E-state index contributed by atoms with van der Waals surface area (Å²) in [6, 6.07) is 2.00. The van der Waals surface area contributed by atoms with Crippen LogP contribution < -0.4 is 0 Å². The summed E-state index contributed by atoms with van der Waals surface area (Å²) in [4.78, 5) is 0. The number of nitrogens with one attached hydrogen (secondary N) is 2. The Morgan fingerprint density at radius 2 is 0.559 bits per heavy atom. The van der Waals surface area contributed by atoms with Crippen LogP contribution >= 0.6 is 0 Å². The van der Waals surface area contributed by atoms with Crippen molar-refractivity contribution in [1.29, 1.82) is 10.8 Å². The first-order chi connectivity index (χ1) is 16.2. The smallest absolute Gasteiger partial charge is 0.0784 e. The van der Waals surface area contributed by atoms with Crippen LogP contribution in [-0.4, -0.2) is 74.3 Å². The van der Waals surface area contributed by atoms with Crippen LogP contribution in [0, 0.1) is 10.8 Å². The first-order valence-electron chi connectivity index (χ1n) is 14.0. The Labute approximate surface area is 214 Å². The molecule has 0 bridgehead atoms. The Hall–Kier alpha value is -1.32. The molecule has 0 aliphatic rings. The Bertz CT molecular complexity index is 366. The van der Waals surface area contributed by atoms with E-state index in [1.54, 1.807) is 0 Å². The Kier molecular flexibility index (Phi) is 37.2. The number of hydrogen-bond donors (Lipinski definition) is 2. The van der Waals surface area contributed by atoms with Gasteiger partial charge in [-0.3, -0.25) is 0 Å². The molecule has 0 aromatic rings. The fraction of sp³-hybridized carbons (Fsp3) is 0.929. The second kappa shape index (κ2) is 31.7. The molecule has 2 N–H and O–H groups in total. The minimum Gasteiger partial charge on any atom is -0.447 e. The van der Waals surface area contributed by atoms with Crippen LogP contribution in [0.4, 0.5) is 0 Å². The molecule has 0 unspecified atom stereocenters. The highest BCUT2D eigenvalue weighted by atomic mass is 15.3. The summed E-state index contributed by atoms with van der Waals surface area (Å²) in [6.45, 7) is 22.1. The molecule has 0 aliphatic heterocycles. The summed E-state index contributed by atoms with van der Waals surface area (Å²) in [6.07, 6.45) is 16.4. The average molecular weight is 483 g/mol. The van der Waals surface area contributed by atoms with Gasteiger partial charge in [-0.05, 0) is 38.5 Å². The SMILES string of the molecule is CCCC[N+](C)(CCCC)CCCC.CCCC[N+](C)(CCCC)CCCC.[N-]=C=N.[N-]=C=N. The van der Waals surface area contributed by atoms with E-state index in [0.29, 0.717) is 0 Å². The molecule has 0 fully saturated rings. The Morgan fingerprint density at radius 1 is 0.441 bits per heavy atom. The lowest BCUT2D eigenvalue weighted by Gasteiger charge is -2.34. The molecule has 6 nitrogen and oxygen atoms in total. The van der Waals surface area contributed by atoms with E-state index in [9.17, 15) is 0 Å². The molecule has 6 heteroatoms. The maximum absolute atomic E-state index is 6.99. The third-order valence-electron chi connectivity index (χ3n) is 6.31. The van der Waals surface area contributed by atoms with E-state index in [2.05, 4.69) is 55.6 Å². The average Bonchev–Trinajstić information content (AvgIpc) is 2.83. The van der Waals surface area contributed by atoms with Crippen molar-refractivity contribution >= 4 is 12.0 Å². The molecule has 0 spiro atoms. The van der Waals surface area contributed by atoms with Gasteiger partial charge in [-0.1, -0.05) is 80.1 Å². The van der Waals surface area contributed by atoms with Crippen molar-refractivity contribution in [3.05, 3.63) is 10.8 Å². The maximum Gasteiger partial charge on any atom is 0.0784 e. The lowest BCUT2D eigenvalue weighted by atomic mass is 10.2. The fourth-order valence-corrected chi connectivity index (χ4v) is 3.91. The van der Waals surface area contributed by atoms with Gasteiger partial charge < -0.3 is 30.6 Å². The van der Waals surface area contributed by atoms with Gasteiger partial charge in [-0.15, -0.1) is 0 Å². The van der Waals surface area contributed by atoms with Crippen LogP contribution in [-0.2, 0) is 0 Å². The molecule has 0 aromatic heterocycles. The van der Waals surface area contributed by atoms with E-state index in [-0.39, 0.29) is 0 Å². The summed E-state index contributed by atoms with van der Waals surface area (Å²) in [5.74, 6) is 0. The standard InChI is InChI=1S/2C13H30N.2CHN2/c2*1-5-8-11-14(4,12-9-6-2)13-10-7-3;2*2-1-3/h2*5-13H2,1-4H3;2*2H/q2*+1;2*-1. The normalized spacial score (nSPS) is 10.4. The number of hydrogen-bond acceptors (Lipinski definition) is 2. The molecular formula is C28H62N6. The lowest BCUT2D eigenvalue weighted by molar-refractivity contribution is -0.910. The van der Waals surface area contributed by atoms with Gasteiger partial charge in [0, 0.05) is 0 Å². The molecule has 0 heterocycles. The minimum atomic E-state index is 1.00. The first kappa shape index (κ1) is 39.9. The van der Waals surface area contributed by atoms with Crippen molar-refractivity contribution in [2.75, 3.05) is 53.4 Å². The zero-order chi connectivity index (χ0) is 27.1. The molecule has 0 aromatic carbocycles. The molecule has 0 saturated carbocycles. The van der Waals surface area contributed by atoms with E-state index in [1.807, 2.05) is 0 Å². The lowest BCUT2D eigenvalue weighted by Crippen LogP contribution is -2.46. The molecular weight excluding hydrogens is 420 g/mol. The fourth-order valence-electron chi connectivity index (χ4n) is 3.91. The van der Waals surface area contributed by atoms with Crippen molar-refractivity contribution in [3.63, 3.8) is 0 Å². The van der Waals surface area contributed by atoms with Crippen LogP contribution in [0.5, 0.6) is 0 Å². The highest BCUT2D eigenvalue weighted by Crippen LogP contribution is 2.11. The number of rotatable bonds is 18. The van der Waals surface area contributed by atoms with Gasteiger partial charge in [0.2, 0.25) is 0 Å². The van der Waals surface area contributed by atoms with Crippen LogP contribution in [0.3, 0.4) is 0 Å². The van der Waals surface area contributed by atoms with E-state index >= 15 is 0 Å². The van der Waals surface area contributed by atoms with Crippen LogP contribution in [0.1, 0.15) is 119 Å². The molecule has 0 rings (SSSR count). The highest BCUT2D eigenvalue weighted by molar-refractivity contribution is 5.39. The summed E-state index contributed by atoms with van der Waals surface area (Å²) in [7, 11) is 4.89. The number of unbranched alkanes of at least 4 members (excludes halogenated alkanes) is 6. The molecule has 34 heavy (non-hydrogen) atoms. The van der Waals surface area contributed by atoms with Crippen LogP contribution in [0.15, 0.2) is 0 Å². The van der Waals surface area contributed by atoms with E-state index < -0.39 is 0 Å². The minimum absolute atomic E-state index is 1.00. The quantitative estimate of drug-likeness (QED) is 0.145. The highest BCUT2D eigenvalue weighted by Gasteiger charge is 2.19. The van der Waals surface area contributed by atoms with Crippen molar-refractivity contribution in [2.24, 2.45) is 0 Å².